The largest absolute Gasteiger partial charge is 0.508 e. The first-order valence-corrected chi connectivity index (χ1v) is 7.00. The molecule has 0 fully saturated rings. The number of aromatic hydroxyl groups is 1. The summed E-state index contributed by atoms with van der Waals surface area (Å²) in [4.78, 5) is 0. The number of phenolic OH excluding ortho intramolecular Hbond substituents is 1. The Hall–Kier alpha value is -2.03. The highest BCUT2D eigenvalue weighted by molar-refractivity contribution is 5.52. The number of halogens is 1. The van der Waals surface area contributed by atoms with Crippen LogP contribution in [-0.4, -0.2) is 5.11 Å². The van der Waals surface area contributed by atoms with Gasteiger partial charge in [0.1, 0.15) is 11.6 Å². The van der Waals surface area contributed by atoms with E-state index in [2.05, 4.69) is 23.5 Å². The van der Waals surface area contributed by atoms with Crippen LogP contribution >= 0.6 is 0 Å². The molecule has 0 bridgehead atoms. The average Bonchev–Trinajstić information content (AvgIpc) is 2.89. The Kier molecular flexibility index (Phi) is 3.35. The molecular formula is C17H18FNO. The standard InChI is InChI=1S/C17H18FNO/c1-11(16-10-14(18)6-8-17(16)20)19-15-7-5-12-3-2-4-13(12)9-15/h5-11,19-20H,2-4H2,1H3. The van der Waals surface area contributed by atoms with Gasteiger partial charge in [0.25, 0.3) is 0 Å². The number of fused-ring (bicyclic) bond motifs is 1. The number of hydrogen-bond donors (Lipinski definition) is 2. The van der Waals surface area contributed by atoms with Crippen molar-refractivity contribution in [2.24, 2.45) is 0 Å². The molecule has 2 N–H and O–H groups in total. The summed E-state index contributed by atoms with van der Waals surface area (Å²) in [5.41, 5.74) is 4.41. The van der Waals surface area contributed by atoms with Crippen LogP contribution in [0.2, 0.25) is 0 Å². The Balaban J connectivity index is 1.82. The van der Waals surface area contributed by atoms with Gasteiger partial charge in [0.05, 0.1) is 6.04 Å². The predicted molar refractivity (Wildman–Crippen MR) is 78.6 cm³/mol. The van der Waals surface area contributed by atoms with Crippen molar-refractivity contribution in [3.8, 4) is 5.75 Å². The van der Waals surface area contributed by atoms with Crippen molar-refractivity contribution in [1.82, 2.24) is 0 Å². The van der Waals surface area contributed by atoms with Gasteiger partial charge in [0, 0.05) is 11.3 Å². The van der Waals surface area contributed by atoms with E-state index in [-0.39, 0.29) is 17.6 Å². The van der Waals surface area contributed by atoms with Gasteiger partial charge in [0.2, 0.25) is 0 Å². The summed E-state index contributed by atoms with van der Waals surface area (Å²) in [6, 6.07) is 10.3. The minimum Gasteiger partial charge on any atom is -0.508 e. The first kappa shape index (κ1) is 13.0. The summed E-state index contributed by atoms with van der Waals surface area (Å²) in [5, 5.41) is 13.2. The van der Waals surface area contributed by atoms with Crippen LogP contribution in [0.25, 0.3) is 0 Å². The quantitative estimate of drug-likeness (QED) is 0.877. The van der Waals surface area contributed by atoms with Gasteiger partial charge < -0.3 is 10.4 Å². The normalized spacial score (nSPS) is 14.9. The minimum absolute atomic E-state index is 0.118. The molecule has 1 unspecified atom stereocenters. The molecule has 0 radical (unpaired) electrons. The molecule has 1 aliphatic rings. The van der Waals surface area contributed by atoms with Crippen LogP contribution in [-0.2, 0) is 12.8 Å². The molecule has 0 saturated heterocycles. The maximum Gasteiger partial charge on any atom is 0.123 e. The number of benzene rings is 2. The highest BCUT2D eigenvalue weighted by atomic mass is 19.1. The van der Waals surface area contributed by atoms with Gasteiger partial charge in [-0.15, -0.1) is 0 Å². The fraction of sp³-hybridized carbons (Fsp3) is 0.294. The fourth-order valence-electron chi connectivity index (χ4n) is 2.86. The van der Waals surface area contributed by atoms with E-state index in [0.717, 1.165) is 18.5 Å². The molecular weight excluding hydrogens is 253 g/mol. The maximum absolute atomic E-state index is 13.3. The van der Waals surface area contributed by atoms with E-state index in [0.29, 0.717) is 5.56 Å². The van der Waals surface area contributed by atoms with E-state index < -0.39 is 0 Å². The number of rotatable bonds is 3. The number of nitrogens with one attached hydrogen (secondary N) is 1. The molecule has 0 aromatic heterocycles. The molecule has 20 heavy (non-hydrogen) atoms. The minimum atomic E-state index is -0.333. The van der Waals surface area contributed by atoms with Crippen molar-refractivity contribution in [2.45, 2.75) is 32.2 Å². The van der Waals surface area contributed by atoms with Crippen LogP contribution in [0, 0.1) is 5.82 Å². The van der Waals surface area contributed by atoms with Crippen molar-refractivity contribution < 1.29 is 9.50 Å². The zero-order valence-electron chi connectivity index (χ0n) is 11.5. The highest BCUT2D eigenvalue weighted by Crippen LogP contribution is 2.30. The lowest BCUT2D eigenvalue weighted by Crippen LogP contribution is -2.07. The Morgan fingerprint density at radius 3 is 2.75 bits per heavy atom. The summed E-state index contributed by atoms with van der Waals surface area (Å²) < 4.78 is 13.3. The molecule has 2 nitrogen and oxygen atoms in total. The zero-order valence-corrected chi connectivity index (χ0v) is 11.5. The first-order chi connectivity index (χ1) is 9.63. The molecule has 3 heteroatoms. The summed E-state index contributed by atoms with van der Waals surface area (Å²) in [6.07, 6.45) is 3.51. The average molecular weight is 271 g/mol. The van der Waals surface area contributed by atoms with E-state index in [1.807, 2.05) is 6.92 Å². The van der Waals surface area contributed by atoms with Gasteiger partial charge in [0.15, 0.2) is 0 Å². The van der Waals surface area contributed by atoms with E-state index in [1.54, 1.807) is 0 Å². The summed E-state index contributed by atoms with van der Waals surface area (Å²) in [5.74, 6) is -0.215. The molecule has 0 saturated carbocycles. The number of aryl methyl sites for hydroxylation is 2. The number of hydrogen-bond acceptors (Lipinski definition) is 2. The van der Waals surface area contributed by atoms with Crippen LogP contribution in [0.4, 0.5) is 10.1 Å². The van der Waals surface area contributed by atoms with Crippen molar-refractivity contribution in [1.29, 1.82) is 0 Å². The molecule has 0 aliphatic heterocycles. The highest BCUT2D eigenvalue weighted by Gasteiger charge is 2.14. The van der Waals surface area contributed by atoms with Crippen LogP contribution < -0.4 is 5.32 Å². The first-order valence-electron chi connectivity index (χ1n) is 7.00. The Morgan fingerprint density at radius 1 is 1.10 bits per heavy atom. The second-order valence-electron chi connectivity index (χ2n) is 5.41. The van der Waals surface area contributed by atoms with Gasteiger partial charge in [-0.3, -0.25) is 0 Å². The predicted octanol–water partition coefficient (Wildman–Crippen LogP) is 4.19. The van der Waals surface area contributed by atoms with Gasteiger partial charge in [-0.25, -0.2) is 4.39 Å². The zero-order chi connectivity index (χ0) is 14.1. The maximum atomic E-state index is 13.3. The Labute approximate surface area is 118 Å². The molecule has 0 amide bonds. The lowest BCUT2D eigenvalue weighted by atomic mass is 10.1. The molecule has 3 rings (SSSR count). The molecule has 1 aliphatic carbocycles. The van der Waals surface area contributed by atoms with E-state index in [9.17, 15) is 9.50 Å². The molecule has 0 spiro atoms. The van der Waals surface area contributed by atoms with Gasteiger partial charge in [-0.05, 0) is 67.6 Å². The van der Waals surface area contributed by atoms with Crippen LogP contribution in [0.3, 0.4) is 0 Å². The SMILES string of the molecule is CC(Nc1ccc2c(c1)CCC2)c1cc(F)ccc1O. The number of anilines is 1. The number of phenols is 1. The van der Waals surface area contributed by atoms with Crippen molar-refractivity contribution in [3.05, 3.63) is 58.9 Å². The van der Waals surface area contributed by atoms with Crippen LogP contribution in [0.1, 0.15) is 36.1 Å². The van der Waals surface area contributed by atoms with Crippen molar-refractivity contribution >= 4 is 5.69 Å². The summed E-state index contributed by atoms with van der Waals surface area (Å²) in [7, 11) is 0. The lowest BCUT2D eigenvalue weighted by Gasteiger charge is -2.17. The fourth-order valence-corrected chi connectivity index (χ4v) is 2.86. The molecule has 1 atom stereocenters. The molecule has 2 aromatic rings. The monoisotopic (exact) mass is 271 g/mol. The molecule has 0 heterocycles. The third-order valence-corrected chi connectivity index (χ3v) is 3.94. The summed E-state index contributed by atoms with van der Waals surface area (Å²) >= 11 is 0. The van der Waals surface area contributed by atoms with Gasteiger partial charge in [-0.1, -0.05) is 6.07 Å². The van der Waals surface area contributed by atoms with Crippen molar-refractivity contribution in [3.63, 3.8) is 0 Å². The lowest BCUT2D eigenvalue weighted by molar-refractivity contribution is 0.462. The topological polar surface area (TPSA) is 32.3 Å². The van der Waals surface area contributed by atoms with E-state index >= 15 is 0 Å². The second kappa shape index (κ2) is 5.16. The molecule has 104 valence electrons. The van der Waals surface area contributed by atoms with Gasteiger partial charge >= 0.3 is 0 Å². The van der Waals surface area contributed by atoms with Gasteiger partial charge in [-0.2, -0.15) is 0 Å². The second-order valence-corrected chi connectivity index (χ2v) is 5.41. The van der Waals surface area contributed by atoms with Crippen LogP contribution in [0.15, 0.2) is 36.4 Å². The third-order valence-electron chi connectivity index (χ3n) is 3.94. The van der Waals surface area contributed by atoms with E-state index in [4.69, 9.17) is 0 Å². The Morgan fingerprint density at radius 2 is 1.90 bits per heavy atom. The smallest absolute Gasteiger partial charge is 0.123 e. The third kappa shape index (κ3) is 2.48. The van der Waals surface area contributed by atoms with Crippen molar-refractivity contribution in [2.75, 3.05) is 5.32 Å². The van der Waals surface area contributed by atoms with E-state index in [1.165, 1.54) is 35.7 Å². The summed E-state index contributed by atoms with van der Waals surface area (Å²) in [6.45, 7) is 1.92. The molecule has 2 aromatic carbocycles. The Bertz CT molecular complexity index is 639. The van der Waals surface area contributed by atoms with Crippen LogP contribution in [0.5, 0.6) is 5.75 Å².